The SMILES string of the molecule is O=C(NCc1ccccc1)c1ccc(C2CC2NCc2cccs2)cc1.O=C(O)C(F)(F)F. The second-order valence-corrected chi connectivity index (χ2v) is 8.53. The number of alkyl halides is 3. The van der Waals surface area contributed by atoms with Crippen LogP contribution in [-0.2, 0) is 17.9 Å². The van der Waals surface area contributed by atoms with Gasteiger partial charge in [0.2, 0.25) is 0 Å². The minimum absolute atomic E-state index is 0.0245. The summed E-state index contributed by atoms with van der Waals surface area (Å²) in [5.41, 5.74) is 3.14. The summed E-state index contributed by atoms with van der Waals surface area (Å²) in [5.74, 6) is -2.22. The Morgan fingerprint density at radius 1 is 0.970 bits per heavy atom. The van der Waals surface area contributed by atoms with Crippen LogP contribution in [0.3, 0.4) is 0 Å². The quantitative estimate of drug-likeness (QED) is 0.451. The van der Waals surface area contributed by atoms with E-state index in [4.69, 9.17) is 9.90 Å². The Kier molecular flexibility index (Phi) is 8.24. The van der Waals surface area contributed by atoms with Gasteiger partial charge in [-0.05, 0) is 41.1 Å². The zero-order chi connectivity index (χ0) is 23.8. The first-order chi connectivity index (χ1) is 15.7. The van der Waals surface area contributed by atoms with E-state index >= 15 is 0 Å². The predicted octanol–water partition coefficient (Wildman–Crippen LogP) is 4.96. The number of hydrogen-bond donors (Lipinski definition) is 3. The molecule has 174 valence electrons. The summed E-state index contributed by atoms with van der Waals surface area (Å²) >= 11 is 1.79. The molecular formula is C24H23F3N2O3S. The lowest BCUT2D eigenvalue weighted by Gasteiger charge is -2.07. The van der Waals surface area contributed by atoms with Crippen molar-refractivity contribution in [3.8, 4) is 0 Å². The highest BCUT2D eigenvalue weighted by Crippen LogP contribution is 2.41. The van der Waals surface area contributed by atoms with Crippen molar-refractivity contribution in [2.75, 3.05) is 0 Å². The summed E-state index contributed by atoms with van der Waals surface area (Å²) in [7, 11) is 0. The van der Waals surface area contributed by atoms with E-state index in [-0.39, 0.29) is 5.91 Å². The number of hydrogen-bond acceptors (Lipinski definition) is 4. The molecule has 2 unspecified atom stereocenters. The highest BCUT2D eigenvalue weighted by atomic mass is 32.1. The second-order valence-electron chi connectivity index (χ2n) is 7.50. The molecule has 33 heavy (non-hydrogen) atoms. The number of nitrogens with one attached hydrogen (secondary N) is 2. The first-order valence-corrected chi connectivity index (χ1v) is 11.1. The molecule has 4 rings (SSSR count). The Labute approximate surface area is 193 Å². The maximum Gasteiger partial charge on any atom is 0.490 e. The topological polar surface area (TPSA) is 78.4 Å². The van der Waals surface area contributed by atoms with Crippen molar-refractivity contribution in [2.45, 2.75) is 37.6 Å². The average Bonchev–Trinajstić information content (AvgIpc) is 3.39. The lowest BCUT2D eigenvalue weighted by atomic mass is 10.1. The maximum atomic E-state index is 12.3. The Morgan fingerprint density at radius 3 is 2.21 bits per heavy atom. The molecule has 1 aliphatic rings. The summed E-state index contributed by atoms with van der Waals surface area (Å²) in [6, 6.07) is 22.8. The van der Waals surface area contributed by atoms with E-state index in [9.17, 15) is 18.0 Å². The summed E-state index contributed by atoms with van der Waals surface area (Å²) in [6.45, 7) is 1.50. The molecule has 1 amide bonds. The number of carbonyl (C=O) groups excluding carboxylic acids is 1. The van der Waals surface area contributed by atoms with Crippen LogP contribution < -0.4 is 10.6 Å². The van der Waals surface area contributed by atoms with Gasteiger partial charge in [0.25, 0.3) is 5.91 Å². The Bertz CT molecular complexity index is 1040. The number of carboxylic acid groups (broad SMARTS) is 1. The van der Waals surface area contributed by atoms with Crippen molar-refractivity contribution < 1.29 is 27.9 Å². The number of carbonyl (C=O) groups is 2. The van der Waals surface area contributed by atoms with E-state index in [1.165, 1.54) is 16.9 Å². The molecule has 1 saturated carbocycles. The van der Waals surface area contributed by atoms with Gasteiger partial charge in [0.05, 0.1) is 0 Å². The average molecular weight is 477 g/mol. The van der Waals surface area contributed by atoms with Crippen molar-refractivity contribution in [2.24, 2.45) is 0 Å². The largest absolute Gasteiger partial charge is 0.490 e. The van der Waals surface area contributed by atoms with Gasteiger partial charge in [0, 0.05) is 35.5 Å². The number of halogens is 3. The van der Waals surface area contributed by atoms with Gasteiger partial charge in [-0.25, -0.2) is 4.79 Å². The molecule has 5 nitrogen and oxygen atoms in total. The van der Waals surface area contributed by atoms with Crippen LogP contribution in [0.1, 0.15) is 38.7 Å². The van der Waals surface area contributed by atoms with Crippen molar-refractivity contribution in [1.82, 2.24) is 10.6 Å². The molecule has 0 radical (unpaired) electrons. The molecule has 1 fully saturated rings. The van der Waals surface area contributed by atoms with Gasteiger partial charge in [-0.2, -0.15) is 13.2 Å². The molecule has 3 N–H and O–H groups in total. The summed E-state index contributed by atoms with van der Waals surface area (Å²) in [5, 5.41) is 15.8. The second kappa shape index (κ2) is 11.1. The first kappa shape index (κ1) is 24.5. The minimum Gasteiger partial charge on any atom is -0.475 e. The van der Waals surface area contributed by atoms with Crippen LogP contribution >= 0.6 is 11.3 Å². The molecular weight excluding hydrogens is 453 g/mol. The molecule has 1 aliphatic carbocycles. The van der Waals surface area contributed by atoms with Crippen molar-refractivity contribution in [3.63, 3.8) is 0 Å². The summed E-state index contributed by atoms with van der Waals surface area (Å²) in [4.78, 5) is 22.6. The monoisotopic (exact) mass is 476 g/mol. The standard InChI is InChI=1S/C22H22N2OS.C2HF3O2/c25-22(24-14-16-5-2-1-3-6-16)18-10-8-17(9-11-18)20-13-21(20)23-15-19-7-4-12-26-19;3-2(4,5)1(6)7/h1-12,20-21,23H,13-15H2,(H,24,25);(H,6,7). The third-order valence-electron chi connectivity index (χ3n) is 5.05. The van der Waals surface area contributed by atoms with Crippen LogP contribution in [-0.4, -0.2) is 29.2 Å². The number of amides is 1. The van der Waals surface area contributed by atoms with E-state index in [0.29, 0.717) is 24.1 Å². The Morgan fingerprint density at radius 2 is 1.64 bits per heavy atom. The molecule has 0 saturated heterocycles. The third kappa shape index (κ3) is 7.73. The highest BCUT2D eigenvalue weighted by Gasteiger charge is 2.38. The van der Waals surface area contributed by atoms with E-state index in [0.717, 1.165) is 12.1 Å². The molecule has 1 aromatic heterocycles. The molecule has 9 heteroatoms. The van der Waals surface area contributed by atoms with Gasteiger partial charge in [-0.15, -0.1) is 11.3 Å². The lowest BCUT2D eigenvalue weighted by Crippen LogP contribution is -2.22. The molecule has 2 aromatic carbocycles. The molecule has 3 aromatic rings. The zero-order valence-corrected chi connectivity index (χ0v) is 18.3. The number of thiophene rings is 1. The fourth-order valence-electron chi connectivity index (χ4n) is 3.20. The van der Waals surface area contributed by atoms with Gasteiger partial charge in [0.15, 0.2) is 0 Å². The fourth-order valence-corrected chi connectivity index (χ4v) is 3.85. The molecule has 0 bridgehead atoms. The van der Waals surface area contributed by atoms with Gasteiger partial charge < -0.3 is 15.7 Å². The van der Waals surface area contributed by atoms with E-state index in [1.54, 1.807) is 11.3 Å². The van der Waals surface area contributed by atoms with Crippen LogP contribution in [0.15, 0.2) is 72.1 Å². The van der Waals surface area contributed by atoms with E-state index in [2.05, 4.69) is 40.3 Å². The number of aliphatic carboxylic acids is 1. The fraction of sp³-hybridized carbons (Fsp3) is 0.250. The van der Waals surface area contributed by atoms with Crippen molar-refractivity contribution in [1.29, 1.82) is 0 Å². The Hall–Kier alpha value is -3.17. The van der Waals surface area contributed by atoms with E-state index in [1.807, 2.05) is 42.5 Å². The number of carboxylic acids is 1. The van der Waals surface area contributed by atoms with Crippen molar-refractivity contribution >= 4 is 23.2 Å². The van der Waals surface area contributed by atoms with Crippen LogP contribution in [0.4, 0.5) is 13.2 Å². The summed E-state index contributed by atoms with van der Waals surface area (Å²) in [6.07, 6.45) is -3.91. The molecule has 2 atom stereocenters. The normalized spacial score (nSPS) is 16.9. The molecule has 0 spiro atoms. The number of benzene rings is 2. The van der Waals surface area contributed by atoms with Gasteiger partial charge in [-0.1, -0.05) is 48.5 Å². The van der Waals surface area contributed by atoms with Crippen LogP contribution in [0.2, 0.25) is 0 Å². The highest BCUT2D eigenvalue weighted by molar-refractivity contribution is 7.09. The maximum absolute atomic E-state index is 12.3. The molecule has 1 heterocycles. The van der Waals surface area contributed by atoms with Crippen molar-refractivity contribution in [3.05, 3.63) is 93.7 Å². The lowest BCUT2D eigenvalue weighted by molar-refractivity contribution is -0.192. The van der Waals surface area contributed by atoms with Crippen LogP contribution in [0.5, 0.6) is 0 Å². The minimum atomic E-state index is -5.08. The van der Waals surface area contributed by atoms with Crippen LogP contribution in [0, 0.1) is 0 Å². The van der Waals surface area contributed by atoms with E-state index < -0.39 is 12.1 Å². The zero-order valence-electron chi connectivity index (χ0n) is 17.5. The van der Waals surface area contributed by atoms with Gasteiger partial charge in [-0.3, -0.25) is 4.79 Å². The molecule has 0 aliphatic heterocycles. The first-order valence-electron chi connectivity index (χ1n) is 10.2. The summed E-state index contributed by atoms with van der Waals surface area (Å²) < 4.78 is 31.7. The predicted molar refractivity (Wildman–Crippen MR) is 120 cm³/mol. The smallest absolute Gasteiger partial charge is 0.475 e. The third-order valence-corrected chi connectivity index (χ3v) is 5.92. The number of rotatable bonds is 7. The van der Waals surface area contributed by atoms with Crippen LogP contribution in [0.25, 0.3) is 0 Å². The van der Waals surface area contributed by atoms with Gasteiger partial charge in [0.1, 0.15) is 0 Å². The van der Waals surface area contributed by atoms with Gasteiger partial charge >= 0.3 is 12.1 Å². The Balaban J connectivity index is 0.000000383.